The van der Waals surface area contributed by atoms with Gasteiger partial charge in [0.25, 0.3) is 0 Å². The number of hydroxylamine groups is 3. The molecule has 2 aliphatic heterocycles. The highest BCUT2D eigenvalue weighted by Gasteiger charge is 2.33. The average molecular weight is 464 g/mol. The van der Waals surface area contributed by atoms with Crippen LogP contribution in [0.15, 0.2) is 52.3 Å². The number of quaternary nitrogens is 1. The molecule has 28 heavy (non-hydrogen) atoms. The van der Waals surface area contributed by atoms with Crippen LogP contribution in [-0.2, 0) is 6.42 Å². The molecule has 1 unspecified atom stereocenters. The number of hydrogen-bond acceptors (Lipinski definition) is 4. The number of halogens is 3. The van der Waals surface area contributed by atoms with Gasteiger partial charge in [0, 0.05) is 33.9 Å². The highest BCUT2D eigenvalue weighted by atomic mass is 35.5. The number of benzene rings is 2. The zero-order valence-electron chi connectivity index (χ0n) is 15.4. The fourth-order valence-electron chi connectivity index (χ4n) is 3.97. The summed E-state index contributed by atoms with van der Waals surface area (Å²) in [6.45, 7) is 2.79. The Morgan fingerprint density at radius 1 is 1.11 bits per heavy atom. The second kappa shape index (κ2) is 10.0. The molecule has 1 fully saturated rings. The molecule has 0 amide bonds. The van der Waals surface area contributed by atoms with E-state index in [1.807, 2.05) is 6.07 Å². The largest absolute Gasteiger partial charge is 0.633 e. The third-order valence-electron chi connectivity index (χ3n) is 5.47. The second-order valence-electron chi connectivity index (χ2n) is 7.10. The molecule has 1 N–H and O–H groups in total. The van der Waals surface area contributed by atoms with Gasteiger partial charge in [0.15, 0.2) is 0 Å². The molecule has 8 heteroatoms. The van der Waals surface area contributed by atoms with Gasteiger partial charge in [-0.25, -0.2) is 0 Å². The van der Waals surface area contributed by atoms with Gasteiger partial charge in [-0.3, -0.25) is 4.90 Å². The number of aliphatic hydroxyl groups excluding tert-OH is 1. The molecule has 4 rings (SSSR count). The molecule has 2 aromatic rings. The van der Waals surface area contributed by atoms with Crippen LogP contribution in [0.2, 0.25) is 5.02 Å². The molecule has 0 saturated carbocycles. The first-order chi connectivity index (χ1) is 12.6. The molecule has 2 aromatic carbocycles. The maximum atomic E-state index is 12.6. The minimum Gasteiger partial charge on any atom is -0.633 e. The number of hydrogen-bond donors (Lipinski definition) is 1. The molecule has 0 radical (unpaired) electrons. The maximum absolute atomic E-state index is 12.6. The number of rotatable bonds is 3. The zero-order valence-corrected chi connectivity index (χ0v) is 18.6. The summed E-state index contributed by atoms with van der Waals surface area (Å²) in [6, 6.07) is 14.9. The Hall–Kier alpha value is -0.500. The van der Waals surface area contributed by atoms with Crippen LogP contribution in [0.25, 0.3) is 0 Å². The summed E-state index contributed by atoms with van der Waals surface area (Å²) >= 11 is 8.13. The molecule has 2 heterocycles. The number of fused-ring (bicyclic) bond motifs is 2. The van der Waals surface area contributed by atoms with Gasteiger partial charge in [0.05, 0.1) is 19.7 Å². The molecule has 4 nitrogen and oxygen atoms in total. The second-order valence-corrected chi connectivity index (χ2v) is 8.62. The standard InChI is InChI=1S/C20H23ClN2O2S.2ClH/c21-16-5-6-20-17(14-16)18(13-15-3-1-2-4-19(15)26-20)22-7-9-23(25,10-8-22)11-12-24;;/h1-6,14,18,24H,7-13H2;2*1H. The van der Waals surface area contributed by atoms with E-state index in [2.05, 4.69) is 41.3 Å². The molecule has 0 spiro atoms. The fraction of sp³-hybridized carbons (Fsp3) is 0.400. The van der Waals surface area contributed by atoms with E-state index >= 15 is 0 Å². The molecule has 0 bridgehead atoms. The van der Waals surface area contributed by atoms with Gasteiger partial charge in [-0.1, -0.05) is 41.6 Å². The monoisotopic (exact) mass is 462 g/mol. The van der Waals surface area contributed by atoms with Crippen molar-refractivity contribution in [2.24, 2.45) is 0 Å². The Morgan fingerprint density at radius 3 is 2.54 bits per heavy atom. The Balaban J connectivity index is 0.00000140. The van der Waals surface area contributed by atoms with Crippen LogP contribution < -0.4 is 0 Å². The Labute approximate surface area is 187 Å². The fourth-order valence-corrected chi connectivity index (χ4v) is 5.27. The molecular weight excluding hydrogens is 439 g/mol. The van der Waals surface area contributed by atoms with Crippen molar-refractivity contribution in [2.45, 2.75) is 22.3 Å². The predicted molar refractivity (Wildman–Crippen MR) is 120 cm³/mol. The predicted octanol–water partition coefficient (Wildman–Crippen LogP) is 4.55. The van der Waals surface area contributed by atoms with E-state index in [-0.39, 0.29) is 42.1 Å². The number of nitrogens with zero attached hydrogens (tertiary/aromatic N) is 2. The van der Waals surface area contributed by atoms with Crippen molar-refractivity contribution in [3.8, 4) is 0 Å². The van der Waals surface area contributed by atoms with Crippen molar-refractivity contribution in [1.29, 1.82) is 0 Å². The normalized spacial score (nSPS) is 20.8. The molecule has 1 saturated heterocycles. The van der Waals surface area contributed by atoms with E-state index in [0.717, 1.165) is 24.5 Å². The van der Waals surface area contributed by atoms with Gasteiger partial charge in [-0.2, -0.15) is 0 Å². The van der Waals surface area contributed by atoms with Crippen molar-refractivity contribution >= 4 is 48.2 Å². The molecule has 0 aliphatic carbocycles. The first kappa shape index (κ1) is 23.8. The van der Waals surface area contributed by atoms with E-state index in [9.17, 15) is 5.21 Å². The lowest BCUT2D eigenvalue weighted by Crippen LogP contribution is -2.57. The van der Waals surface area contributed by atoms with Crippen molar-refractivity contribution in [3.05, 3.63) is 63.8 Å². The van der Waals surface area contributed by atoms with Crippen LogP contribution in [-0.4, -0.2) is 54.0 Å². The van der Waals surface area contributed by atoms with E-state index in [0.29, 0.717) is 19.6 Å². The summed E-state index contributed by atoms with van der Waals surface area (Å²) in [4.78, 5) is 4.96. The first-order valence-electron chi connectivity index (χ1n) is 9.05. The third kappa shape index (κ3) is 4.97. The quantitative estimate of drug-likeness (QED) is 0.535. The van der Waals surface area contributed by atoms with Crippen LogP contribution in [0, 0.1) is 5.21 Å². The molecule has 2 aliphatic rings. The van der Waals surface area contributed by atoms with Crippen LogP contribution in [0.3, 0.4) is 0 Å². The Kier molecular flexibility index (Phi) is 8.50. The lowest BCUT2D eigenvalue weighted by Gasteiger charge is -2.49. The first-order valence-corrected chi connectivity index (χ1v) is 10.2. The Morgan fingerprint density at radius 2 is 1.82 bits per heavy atom. The SMILES string of the molecule is Cl.Cl.[O-][N+]1(CCO)CCN(C2Cc3ccccc3Sc3ccc(Cl)cc32)CC1. The highest BCUT2D eigenvalue weighted by Crippen LogP contribution is 2.43. The summed E-state index contributed by atoms with van der Waals surface area (Å²) in [6.07, 6.45) is 0.926. The lowest BCUT2D eigenvalue weighted by atomic mass is 9.96. The topological polar surface area (TPSA) is 46.5 Å². The van der Waals surface area contributed by atoms with Gasteiger partial charge < -0.3 is 15.0 Å². The lowest BCUT2D eigenvalue weighted by molar-refractivity contribution is -0.885. The van der Waals surface area contributed by atoms with Crippen molar-refractivity contribution < 1.29 is 9.75 Å². The highest BCUT2D eigenvalue weighted by molar-refractivity contribution is 7.99. The van der Waals surface area contributed by atoms with Crippen LogP contribution in [0.1, 0.15) is 17.2 Å². The van der Waals surface area contributed by atoms with E-state index in [4.69, 9.17) is 16.7 Å². The van der Waals surface area contributed by atoms with Gasteiger partial charge in [-0.15, -0.1) is 24.8 Å². The summed E-state index contributed by atoms with van der Waals surface area (Å²) in [5.74, 6) is 0. The van der Waals surface area contributed by atoms with E-state index in [1.165, 1.54) is 20.9 Å². The van der Waals surface area contributed by atoms with Gasteiger partial charge in [-0.05, 0) is 41.8 Å². The third-order valence-corrected chi connectivity index (χ3v) is 6.92. The molecule has 0 aromatic heterocycles. The summed E-state index contributed by atoms with van der Waals surface area (Å²) in [5, 5.41) is 22.6. The number of piperazine rings is 1. The summed E-state index contributed by atoms with van der Waals surface area (Å²) in [5.41, 5.74) is 2.60. The average Bonchev–Trinajstić information content (AvgIpc) is 2.79. The summed E-state index contributed by atoms with van der Waals surface area (Å²) in [7, 11) is 0. The van der Waals surface area contributed by atoms with Crippen molar-refractivity contribution in [1.82, 2.24) is 4.90 Å². The van der Waals surface area contributed by atoms with Crippen molar-refractivity contribution in [2.75, 3.05) is 39.3 Å². The van der Waals surface area contributed by atoms with Crippen LogP contribution >= 0.6 is 48.2 Å². The van der Waals surface area contributed by atoms with Crippen LogP contribution in [0.5, 0.6) is 0 Å². The van der Waals surface area contributed by atoms with E-state index < -0.39 is 0 Å². The molecule has 154 valence electrons. The minimum absolute atomic E-state index is 0. The van der Waals surface area contributed by atoms with E-state index in [1.54, 1.807) is 11.8 Å². The molecular formula is C20H25Cl3N2O2S. The number of aliphatic hydroxyl groups is 1. The zero-order chi connectivity index (χ0) is 18.1. The Bertz CT molecular complexity index is 801. The van der Waals surface area contributed by atoms with Gasteiger partial charge >= 0.3 is 0 Å². The smallest absolute Gasteiger partial charge is 0.102 e. The van der Waals surface area contributed by atoms with Gasteiger partial charge in [0.1, 0.15) is 6.54 Å². The van der Waals surface area contributed by atoms with Crippen LogP contribution in [0.4, 0.5) is 0 Å². The van der Waals surface area contributed by atoms with Gasteiger partial charge in [0.2, 0.25) is 0 Å². The van der Waals surface area contributed by atoms with Crippen molar-refractivity contribution in [3.63, 3.8) is 0 Å². The molecule has 1 atom stereocenters. The maximum Gasteiger partial charge on any atom is 0.102 e. The minimum atomic E-state index is -0.284. The summed E-state index contributed by atoms with van der Waals surface area (Å²) < 4.78 is -0.284.